The molecule has 0 aliphatic heterocycles. The van der Waals surface area contributed by atoms with E-state index in [1.807, 2.05) is 42.5 Å². The number of ether oxygens (including phenoxy) is 1. The summed E-state index contributed by atoms with van der Waals surface area (Å²) in [5, 5.41) is 2.73. The van der Waals surface area contributed by atoms with E-state index in [2.05, 4.69) is 15.3 Å². The van der Waals surface area contributed by atoms with E-state index < -0.39 is 0 Å². The van der Waals surface area contributed by atoms with Crippen molar-refractivity contribution in [1.29, 1.82) is 0 Å². The number of nitrogens with zero attached hydrogens (tertiary/aromatic N) is 2. The number of anilines is 1. The Balaban J connectivity index is 1.61. The molecule has 6 heteroatoms. The number of hydrogen-bond acceptors (Lipinski definition) is 5. The molecular formula is C17H16N4O2. The van der Waals surface area contributed by atoms with Crippen molar-refractivity contribution < 1.29 is 9.53 Å². The maximum atomic E-state index is 12.2. The number of nitrogens with two attached hydrogens (primary N) is 1. The van der Waals surface area contributed by atoms with Crippen LogP contribution in [0.5, 0.6) is 5.75 Å². The Morgan fingerprint density at radius 2 is 1.65 bits per heavy atom. The van der Waals surface area contributed by atoms with E-state index in [0.717, 1.165) is 5.75 Å². The molecule has 0 bridgehead atoms. The average molecular weight is 308 g/mol. The highest BCUT2D eigenvalue weighted by molar-refractivity contribution is 5.98. The summed E-state index contributed by atoms with van der Waals surface area (Å²) in [7, 11) is 0. The van der Waals surface area contributed by atoms with E-state index in [1.165, 1.54) is 0 Å². The number of nitrogen functional groups attached to an aromatic ring is 1. The molecule has 0 fully saturated rings. The first-order valence-electron chi connectivity index (χ1n) is 7.22. The number of rotatable bonds is 5. The molecule has 6 nitrogen and oxygen atoms in total. The van der Waals surface area contributed by atoms with Gasteiger partial charge in [-0.05, 0) is 24.3 Å². The number of fused-ring (bicyclic) bond motifs is 1. The third-order valence-corrected chi connectivity index (χ3v) is 3.21. The van der Waals surface area contributed by atoms with Crippen LogP contribution in [0.25, 0.3) is 11.0 Å². The second-order valence-electron chi connectivity index (χ2n) is 4.86. The summed E-state index contributed by atoms with van der Waals surface area (Å²) in [5.74, 6) is 0.509. The fourth-order valence-corrected chi connectivity index (χ4v) is 2.11. The van der Waals surface area contributed by atoms with Gasteiger partial charge in [-0.2, -0.15) is 0 Å². The van der Waals surface area contributed by atoms with E-state index in [9.17, 15) is 4.79 Å². The molecule has 0 aliphatic carbocycles. The molecule has 3 aromatic rings. The maximum absolute atomic E-state index is 12.2. The lowest BCUT2D eigenvalue weighted by Crippen LogP contribution is -2.29. The van der Waals surface area contributed by atoms with Crippen LogP contribution in [0.1, 0.15) is 10.5 Å². The van der Waals surface area contributed by atoms with Gasteiger partial charge in [0.1, 0.15) is 12.4 Å². The molecule has 0 atom stereocenters. The molecule has 1 aromatic heterocycles. The molecule has 0 saturated carbocycles. The monoisotopic (exact) mass is 308 g/mol. The molecule has 1 heterocycles. The summed E-state index contributed by atoms with van der Waals surface area (Å²) in [6.07, 6.45) is 0. The molecule has 116 valence electrons. The van der Waals surface area contributed by atoms with Gasteiger partial charge in [-0.15, -0.1) is 0 Å². The van der Waals surface area contributed by atoms with Crippen molar-refractivity contribution in [3.63, 3.8) is 0 Å². The summed E-state index contributed by atoms with van der Waals surface area (Å²) < 4.78 is 5.51. The molecule has 3 rings (SSSR count). The van der Waals surface area contributed by atoms with Crippen LogP contribution < -0.4 is 15.8 Å². The van der Waals surface area contributed by atoms with Crippen LogP contribution in [0, 0.1) is 0 Å². The molecule has 1 amide bonds. The highest BCUT2D eigenvalue weighted by atomic mass is 16.5. The number of aromatic nitrogens is 2. The number of amides is 1. The van der Waals surface area contributed by atoms with Crippen LogP contribution in [-0.2, 0) is 0 Å². The maximum Gasteiger partial charge on any atom is 0.273 e. The van der Waals surface area contributed by atoms with Gasteiger partial charge < -0.3 is 15.8 Å². The first kappa shape index (κ1) is 14.8. The number of para-hydroxylation sites is 3. The van der Waals surface area contributed by atoms with Crippen LogP contribution in [-0.4, -0.2) is 29.0 Å². The van der Waals surface area contributed by atoms with Gasteiger partial charge in [0.25, 0.3) is 5.91 Å². The van der Waals surface area contributed by atoms with Crippen LogP contribution in [0.3, 0.4) is 0 Å². The average Bonchev–Trinajstić information content (AvgIpc) is 2.59. The van der Waals surface area contributed by atoms with Gasteiger partial charge in [0.05, 0.1) is 17.6 Å². The predicted molar refractivity (Wildman–Crippen MR) is 88.2 cm³/mol. The van der Waals surface area contributed by atoms with Crippen molar-refractivity contribution in [3.05, 3.63) is 60.3 Å². The standard InChI is InChI=1S/C17H16N4O2/c18-16-15(20-13-8-4-5-9-14(13)21-16)17(22)19-10-11-23-12-6-2-1-3-7-12/h1-9H,10-11H2,(H2,18,21)(H,19,22). The van der Waals surface area contributed by atoms with E-state index >= 15 is 0 Å². The second-order valence-corrected chi connectivity index (χ2v) is 4.86. The van der Waals surface area contributed by atoms with Crippen LogP contribution >= 0.6 is 0 Å². The minimum atomic E-state index is -0.364. The quantitative estimate of drug-likeness (QED) is 0.704. The zero-order valence-corrected chi connectivity index (χ0v) is 12.4. The van der Waals surface area contributed by atoms with Crippen molar-refractivity contribution >= 4 is 22.8 Å². The summed E-state index contributed by atoms with van der Waals surface area (Å²) in [5.41, 5.74) is 7.24. The SMILES string of the molecule is Nc1nc2ccccc2nc1C(=O)NCCOc1ccccc1. The number of hydrogen-bond donors (Lipinski definition) is 2. The smallest absolute Gasteiger partial charge is 0.273 e. The van der Waals surface area contributed by atoms with Gasteiger partial charge in [-0.25, -0.2) is 9.97 Å². The fraction of sp³-hybridized carbons (Fsp3) is 0.118. The van der Waals surface area contributed by atoms with E-state index in [1.54, 1.807) is 12.1 Å². The lowest BCUT2D eigenvalue weighted by Gasteiger charge is -2.09. The van der Waals surface area contributed by atoms with Crippen molar-refractivity contribution in [2.45, 2.75) is 0 Å². The highest BCUT2D eigenvalue weighted by Gasteiger charge is 2.13. The Morgan fingerprint density at radius 1 is 1.00 bits per heavy atom. The van der Waals surface area contributed by atoms with Gasteiger partial charge in [-0.3, -0.25) is 4.79 Å². The lowest BCUT2D eigenvalue weighted by atomic mass is 10.2. The Bertz CT molecular complexity index is 821. The summed E-state index contributed by atoms with van der Waals surface area (Å²) in [4.78, 5) is 20.6. The molecule has 2 aromatic carbocycles. The van der Waals surface area contributed by atoms with Gasteiger partial charge in [0.2, 0.25) is 0 Å². The summed E-state index contributed by atoms with van der Waals surface area (Å²) in [6, 6.07) is 16.7. The number of nitrogens with one attached hydrogen (secondary N) is 1. The molecule has 0 aliphatic rings. The van der Waals surface area contributed by atoms with Crippen molar-refractivity contribution in [2.75, 3.05) is 18.9 Å². The second kappa shape index (κ2) is 6.74. The highest BCUT2D eigenvalue weighted by Crippen LogP contribution is 2.14. The van der Waals surface area contributed by atoms with Crippen molar-refractivity contribution in [3.8, 4) is 5.75 Å². The first-order valence-corrected chi connectivity index (χ1v) is 7.22. The molecule has 0 radical (unpaired) electrons. The Morgan fingerprint density at radius 3 is 2.39 bits per heavy atom. The van der Waals surface area contributed by atoms with Gasteiger partial charge >= 0.3 is 0 Å². The minimum Gasteiger partial charge on any atom is -0.492 e. The van der Waals surface area contributed by atoms with Gasteiger partial charge in [-0.1, -0.05) is 30.3 Å². The largest absolute Gasteiger partial charge is 0.492 e. The van der Waals surface area contributed by atoms with E-state index in [0.29, 0.717) is 24.2 Å². The summed E-state index contributed by atoms with van der Waals surface area (Å²) in [6.45, 7) is 0.707. The number of carbonyl (C=O) groups excluding carboxylic acids is 1. The molecule has 0 saturated heterocycles. The fourth-order valence-electron chi connectivity index (χ4n) is 2.11. The minimum absolute atomic E-state index is 0.116. The number of benzene rings is 2. The van der Waals surface area contributed by atoms with Gasteiger partial charge in [0, 0.05) is 0 Å². The Kier molecular flexibility index (Phi) is 4.33. The lowest BCUT2D eigenvalue weighted by molar-refractivity contribution is 0.0943. The Labute approximate surface area is 133 Å². The summed E-state index contributed by atoms with van der Waals surface area (Å²) >= 11 is 0. The third-order valence-electron chi connectivity index (χ3n) is 3.21. The van der Waals surface area contributed by atoms with Crippen LogP contribution in [0.2, 0.25) is 0 Å². The van der Waals surface area contributed by atoms with Crippen molar-refractivity contribution in [2.24, 2.45) is 0 Å². The molecule has 3 N–H and O–H groups in total. The third kappa shape index (κ3) is 3.55. The van der Waals surface area contributed by atoms with E-state index in [4.69, 9.17) is 10.5 Å². The number of carbonyl (C=O) groups is 1. The van der Waals surface area contributed by atoms with Crippen LogP contribution in [0.4, 0.5) is 5.82 Å². The topological polar surface area (TPSA) is 90.1 Å². The molecule has 0 spiro atoms. The van der Waals surface area contributed by atoms with Crippen molar-refractivity contribution in [1.82, 2.24) is 15.3 Å². The molecule has 23 heavy (non-hydrogen) atoms. The van der Waals surface area contributed by atoms with Crippen LogP contribution in [0.15, 0.2) is 54.6 Å². The zero-order chi connectivity index (χ0) is 16.1. The first-order chi connectivity index (χ1) is 11.2. The molecule has 0 unspecified atom stereocenters. The molecular weight excluding hydrogens is 292 g/mol. The van der Waals surface area contributed by atoms with E-state index in [-0.39, 0.29) is 17.4 Å². The normalized spacial score (nSPS) is 10.4. The Hall–Kier alpha value is -3.15. The predicted octanol–water partition coefficient (Wildman–Crippen LogP) is 2.02. The van der Waals surface area contributed by atoms with Gasteiger partial charge in [0.15, 0.2) is 11.5 Å². The zero-order valence-electron chi connectivity index (χ0n) is 12.4.